The highest BCUT2D eigenvalue weighted by Gasteiger charge is 2.45. The van der Waals surface area contributed by atoms with Crippen LogP contribution in [-0.2, 0) is 10.2 Å². The number of unbranched alkanes of at least 4 members (excludes halogenated alkanes) is 2. The molecule has 1 fully saturated rings. The highest BCUT2D eigenvalue weighted by atomic mass is 16.6. The fourth-order valence-electron chi connectivity index (χ4n) is 4.79. The highest BCUT2D eigenvalue weighted by Crippen LogP contribution is 2.33. The number of anilines is 2. The lowest BCUT2D eigenvalue weighted by Gasteiger charge is -2.30. The van der Waals surface area contributed by atoms with Gasteiger partial charge in [-0.15, -0.1) is 0 Å². The number of aliphatic hydroxyl groups excluding tert-OH is 2. The molecule has 9 heteroatoms. The lowest BCUT2D eigenvalue weighted by Crippen LogP contribution is -2.43. The molecule has 1 aliphatic rings. The maximum absolute atomic E-state index is 10.9. The van der Waals surface area contributed by atoms with E-state index in [2.05, 4.69) is 78.8 Å². The molecule has 3 N–H and O–H groups in total. The molecule has 2 aromatic heterocycles. The zero-order chi connectivity index (χ0) is 26.7. The summed E-state index contributed by atoms with van der Waals surface area (Å²) in [6, 6.07) is 8.57. The maximum atomic E-state index is 10.9. The van der Waals surface area contributed by atoms with Crippen molar-refractivity contribution in [3.05, 3.63) is 42.5 Å². The molecule has 1 saturated heterocycles. The third-order valence-corrected chi connectivity index (χ3v) is 7.18. The number of nitrogens with zero attached hydrogens (tertiary/aromatic N) is 5. The highest BCUT2D eigenvalue weighted by molar-refractivity contribution is 5.85. The van der Waals surface area contributed by atoms with Gasteiger partial charge in [0.1, 0.15) is 24.6 Å². The van der Waals surface area contributed by atoms with Crippen molar-refractivity contribution in [3.63, 3.8) is 0 Å². The molecule has 1 aliphatic heterocycles. The number of imidazole rings is 1. The normalized spacial score (nSPS) is 22.4. The summed E-state index contributed by atoms with van der Waals surface area (Å²) in [6.45, 7) is 14.5. The molecule has 0 bridgehead atoms. The molecule has 0 amide bonds. The van der Waals surface area contributed by atoms with Crippen LogP contribution in [0, 0.1) is 0 Å². The van der Waals surface area contributed by atoms with E-state index in [1.807, 2.05) is 12.1 Å². The molecular weight excluding hydrogens is 468 g/mol. The summed E-state index contributed by atoms with van der Waals surface area (Å²) in [5.74, 6) is 0.568. The van der Waals surface area contributed by atoms with E-state index < -0.39 is 24.5 Å². The van der Waals surface area contributed by atoms with E-state index >= 15 is 0 Å². The quantitative estimate of drug-likeness (QED) is 0.345. The van der Waals surface area contributed by atoms with Crippen LogP contribution >= 0.6 is 0 Å². The van der Waals surface area contributed by atoms with E-state index in [0.717, 1.165) is 25.1 Å². The molecule has 1 aromatic carbocycles. The van der Waals surface area contributed by atoms with Gasteiger partial charge in [0.25, 0.3) is 0 Å². The van der Waals surface area contributed by atoms with Crippen molar-refractivity contribution in [2.75, 3.05) is 18.4 Å². The van der Waals surface area contributed by atoms with E-state index in [-0.39, 0.29) is 5.41 Å². The molecule has 0 aliphatic carbocycles. The predicted molar refractivity (Wildman–Crippen MR) is 146 cm³/mol. The molecule has 9 nitrogen and oxygen atoms in total. The molecule has 4 atom stereocenters. The number of rotatable bonds is 10. The molecule has 0 radical (unpaired) electrons. The second kappa shape index (κ2) is 11.4. The molecule has 3 aromatic rings. The lowest BCUT2D eigenvalue weighted by molar-refractivity contribution is -0.0469. The number of ether oxygens (including phenoxy) is 1. The van der Waals surface area contributed by atoms with Crippen LogP contribution in [0.25, 0.3) is 11.2 Å². The standard InChI is InChI=1S/C28H42N6O3/c1-7-8-9-14-33(18(2)3)15-21-23(35)24(36)27(37-21)34-17-31-22-25(29-16-30-26(22)34)32-20-12-10-19(11-13-20)28(4,5)6/h10-13,16-18,21,23-24,27,35-36H,7-9,14-15H2,1-6H3,(H,29,30,32)/t21-,23-,24-,27-/m1/s1. The van der Waals surface area contributed by atoms with Gasteiger partial charge in [-0.25, -0.2) is 15.0 Å². The first-order valence-electron chi connectivity index (χ1n) is 13.4. The summed E-state index contributed by atoms with van der Waals surface area (Å²) >= 11 is 0. The minimum Gasteiger partial charge on any atom is -0.387 e. The zero-order valence-electron chi connectivity index (χ0n) is 22.9. The van der Waals surface area contributed by atoms with Crippen LogP contribution in [0.5, 0.6) is 0 Å². The van der Waals surface area contributed by atoms with Gasteiger partial charge in [0.15, 0.2) is 23.2 Å². The summed E-state index contributed by atoms with van der Waals surface area (Å²) in [6.07, 6.45) is 3.09. The van der Waals surface area contributed by atoms with Crippen molar-refractivity contribution in [2.24, 2.45) is 0 Å². The third-order valence-electron chi connectivity index (χ3n) is 7.18. The topological polar surface area (TPSA) is 109 Å². The van der Waals surface area contributed by atoms with E-state index in [1.54, 1.807) is 10.9 Å². The Bertz CT molecular complexity index is 1160. The smallest absolute Gasteiger partial charge is 0.167 e. The maximum Gasteiger partial charge on any atom is 0.167 e. The van der Waals surface area contributed by atoms with Crippen molar-refractivity contribution in [1.29, 1.82) is 0 Å². The van der Waals surface area contributed by atoms with Gasteiger partial charge in [0, 0.05) is 18.3 Å². The molecular formula is C28H42N6O3. The van der Waals surface area contributed by atoms with Crippen molar-refractivity contribution in [3.8, 4) is 0 Å². The summed E-state index contributed by atoms with van der Waals surface area (Å²) in [5.41, 5.74) is 3.32. The summed E-state index contributed by atoms with van der Waals surface area (Å²) in [4.78, 5) is 15.7. The Labute approximate surface area is 219 Å². The van der Waals surface area contributed by atoms with Crippen molar-refractivity contribution in [2.45, 2.75) is 96.8 Å². The first-order valence-corrected chi connectivity index (χ1v) is 13.4. The number of aliphatic hydroxyl groups is 2. The summed E-state index contributed by atoms with van der Waals surface area (Å²) in [7, 11) is 0. The number of fused-ring (bicyclic) bond motifs is 1. The van der Waals surface area contributed by atoms with Crippen molar-refractivity contribution >= 4 is 22.7 Å². The SMILES string of the molecule is CCCCCN(C[C@H]1O[C@@H](n2cnc3c(Nc4ccc(C(C)(C)C)cc4)ncnc32)[C@H](O)[C@@H]1O)C(C)C. The van der Waals surface area contributed by atoms with Crippen LogP contribution in [0.4, 0.5) is 11.5 Å². The number of aromatic nitrogens is 4. The van der Waals surface area contributed by atoms with Gasteiger partial charge in [-0.2, -0.15) is 0 Å². The number of hydrogen-bond acceptors (Lipinski definition) is 8. The average molecular weight is 511 g/mol. The number of hydrogen-bond donors (Lipinski definition) is 3. The Balaban J connectivity index is 1.52. The summed E-state index contributed by atoms with van der Waals surface area (Å²) < 4.78 is 7.92. The van der Waals surface area contributed by atoms with Gasteiger partial charge in [-0.3, -0.25) is 9.47 Å². The third kappa shape index (κ3) is 6.12. The van der Waals surface area contributed by atoms with E-state index in [0.29, 0.717) is 29.6 Å². The van der Waals surface area contributed by atoms with Crippen molar-refractivity contribution in [1.82, 2.24) is 24.4 Å². The van der Waals surface area contributed by atoms with Gasteiger partial charge in [0.2, 0.25) is 0 Å². The Hall–Kier alpha value is -2.59. The number of nitrogens with one attached hydrogen (secondary N) is 1. The molecule has 37 heavy (non-hydrogen) atoms. The van der Waals surface area contributed by atoms with E-state index in [1.165, 1.54) is 18.3 Å². The van der Waals surface area contributed by atoms with E-state index in [4.69, 9.17) is 4.74 Å². The Morgan fingerprint density at radius 2 is 1.78 bits per heavy atom. The molecule has 202 valence electrons. The summed E-state index contributed by atoms with van der Waals surface area (Å²) in [5, 5.41) is 25.1. The minimum absolute atomic E-state index is 0.0751. The van der Waals surface area contributed by atoms with Gasteiger partial charge >= 0.3 is 0 Å². The number of benzene rings is 1. The largest absolute Gasteiger partial charge is 0.387 e. The molecule has 4 rings (SSSR count). The average Bonchev–Trinajstić information content (AvgIpc) is 3.40. The van der Waals surface area contributed by atoms with Crippen LogP contribution in [0.1, 0.15) is 72.6 Å². The van der Waals surface area contributed by atoms with Gasteiger partial charge in [-0.05, 0) is 49.9 Å². The Morgan fingerprint density at radius 3 is 2.43 bits per heavy atom. The fourth-order valence-corrected chi connectivity index (χ4v) is 4.79. The van der Waals surface area contributed by atoms with E-state index in [9.17, 15) is 10.2 Å². The van der Waals surface area contributed by atoms with Gasteiger partial charge in [-0.1, -0.05) is 52.7 Å². The Morgan fingerprint density at radius 1 is 1.05 bits per heavy atom. The van der Waals surface area contributed by atoms with Crippen molar-refractivity contribution < 1.29 is 14.9 Å². The lowest BCUT2D eigenvalue weighted by atomic mass is 9.87. The van der Waals surface area contributed by atoms with Gasteiger partial charge < -0.3 is 20.3 Å². The fraction of sp³-hybridized carbons (Fsp3) is 0.607. The first kappa shape index (κ1) is 27.4. The van der Waals surface area contributed by atoms with Crippen LogP contribution in [-0.4, -0.2) is 72.1 Å². The van der Waals surface area contributed by atoms with Crippen LogP contribution in [0.15, 0.2) is 36.9 Å². The minimum atomic E-state index is -1.09. The molecule has 0 saturated carbocycles. The van der Waals surface area contributed by atoms with Crippen LogP contribution in [0.2, 0.25) is 0 Å². The first-order chi connectivity index (χ1) is 17.6. The molecule has 0 spiro atoms. The molecule has 3 heterocycles. The second-order valence-electron chi connectivity index (χ2n) is 11.3. The Kier molecular flexibility index (Phi) is 8.48. The van der Waals surface area contributed by atoms with Crippen LogP contribution in [0.3, 0.4) is 0 Å². The molecule has 0 unspecified atom stereocenters. The zero-order valence-corrected chi connectivity index (χ0v) is 22.9. The van der Waals surface area contributed by atoms with Gasteiger partial charge in [0.05, 0.1) is 6.33 Å². The predicted octanol–water partition coefficient (Wildman–Crippen LogP) is 4.39. The second-order valence-corrected chi connectivity index (χ2v) is 11.3. The monoisotopic (exact) mass is 510 g/mol. The van der Waals surface area contributed by atoms with Crippen LogP contribution < -0.4 is 5.32 Å².